The van der Waals surface area contributed by atoms with Gasteiger partial charge in [-0.2, -0.15) is 13.2 Å². The Kier molecular flexibility index (Phi) is 3.69. The summed E-state index contributed by atoms with van der Waals surface area (Å²) in [6.07, 6.45) is -2.79. The lowest BCUT2D eigenvalue weighted by Crippen LogP contribution is -2.12. The number of aromatic nitrogens is 2. The predicted octanol–water partition coefficient (Wildman–Crippen LogP) is 3.42. The van der Waals surface area contributed by atoms with Crippen molar-refractivity contribution >= 4 is 5.82 Å². The first kappa shape index (κ1) is 13.3. The number of halogens is 3. The van der Waals surface area contributed by atoms with Gasteiger partial charge in [-0.1, -0.05) is 18.2 Å². The minimum atomic E-state index is -4.35. The van der Waals surface area contributed by atoms with Crippen molar-refractivity contribution in [3.05, 3.63) is 53.5 Å². The molecule has 1 aromatic carbocycles. The number of hydrogen-bond donors (Lipinski definition) is 1. The lowest BCUT2D eigenvalue weighted by Gasteiger charge is -2.13. The molecule has 0 bridgehead atoms. The van der Waals surface area contributed by atoms with Gasteiger partial charge >= 0.3 is 6.18 Å². The molecular formula is C13H12F3N3. The van der Waals surface area contributed by atoms with Crippen molar-refractivity contribution < 1.29 is 13.2 Å². The highest BCUT2D eigenvalue weighted by Gasteiger charge is 2.32. The van der Waals surface area contributed by atoms with E-state index in [2.05, 4.69) is 15.3 Å². The van der Waals surface area contributed by atoms with Crippen LogP contribution in [-0.4, -0.2) is 9.97 Å². The molecule has 2 rings (SSSR count). The monoisotopic (exact) mass is 267 g/mol. The molecule has 0 aliphatic heterocycles. The van der Waals surface area contributed by atoms with Crippen molar-refractivity contribution in [2.45, 2.75) is 19.6 Å². The zero-order valence-electron chi connectivity index (χ0n) is 10.2. The molecule has 0 unspecified atom stereocenters. The first-order chi connectivity index (χ1) is 8.97. The molecule has 0 spiro atoms. The Hall–Kier alpha value is -2.11. The van der Waals surface area contributed by atoms with Crippen molar-refractivity contribution in [1.82, 2.24) is 9.97 Å². The molecule has 0 radical (unpaired) electrons. The summed E-state index contributed by atoms with van der Waals surface area (Å²) >= 11 is 0. The van der Waals surface area contributed by atoms with Gasteiger partial charge in [-0.15, -0.1) is 0 Å². The van der Waals surface area contributed by atoms with Crippen LogP contribution in [0.5, 0.6) is 0 Å². The Labute approximate surface area is 108 Å². The van der Waals surface area contributed by atoms with Gasteiger partial charge in [-0.3, -0.25) is 0 Å². The predicted molar refractivity (Wildman–Crippen MR) is 65.5 cm³/mol. The minimum Gasteiger partial charge on any atom is -0.366 e. The third kappa shape index (κ3) is 3.43. The SMILES string of the molecule is Cc1nccc(NCc2ccccc2C(F)(F)F)n1. The van der Waals surface area contributed by atoms with Crippen LogP contribution in [0.25, 0.3) is 0 Å². The lowest BCUT2D eigenvalue weighted by atomic mass is 10.1. The molecular weight excluding hydrogens is 255 g/mol. The van der Waals surface area contributed by atoms with Gasteiger partial charge in [0, 0.05) is 12.7 Å². The standard InChI is InChI=1S/C13H12F3N3/c1-9-17-7-6-12(19-9)18-8-10-4-2-3-5-11(10)13(14,15)16/h2-7H,8H2,1H3,(H,17,18,19). The molecule has 0 saturated heterocycles. The van der Waals surface area contributed by atoms with E-state index in [-0.39, 0.29) is 12.1 Å². The molecule has 1 N–H and O–H groups in total. The maximum Gasteiger partial charge on any atom is 0.416 e. The molecule has 100 valence electrons. The van der Waals surface area contributed by atoms with Crippen LogP contribution in [0.1, 0.15) is 17.0 Å². The Morgan fingerprint density at radius 1 is 1.16 bits per heavy atom. The van der Waals surface area contributed by atoms with E-state index in [9.17, 15) is 13.2 Å². The summed E-state index contributed by atoms with van der Waals surface area (Å²) in [5.41, 5.74) is -0.445. The van der Waals surface area contributed by atoms with Crippen molar-refractivity contribution in [3.8, 4) is 0 Å². The third-order valence-electron chi connectivity index (χ3n) is 2.56. The molecule has 2 aromatic rings. The topological polar surface area (TPSA) is 37.8 Å². The highest BCUT2D eigenvalue weighted by molar-refractivity contribution is 5.37. The molecule has 0 atom stereocenters. The van der Waals surface area contributed by atoms with Gasteiger partial charge in [0.15, 0.2) is 0 Å². The summed E-state index contributed by atoms with van der Waals surface area (Å²) in [5, 5.41) is 2.86. The summed E-state index contributed by atoms with van der Waals surface area (Å²) in [5.74, 6) is 1.07. The lowest BCUT2D eigenvalue weighted by molar-refractivity contribution is -0.138. The molecule has 0 fully saturated rings. The number of nitrogens with zero attached hydrogens (tertiary/aromatic N) is 2. The third-order valence-corrected chi connectivity index (χ3v) is 2.56. The van der Waals surface area contributed by atoms with Crippen LogP contribution in [0.4, 0.5) is 19.0 Å². The Bertz CT molecular complexity index is 567. The van der Waals surface area contributed by atoms with Gasteiger partial charge in [0.25, 0.3) is 0 Å². The Morgan fingerprint density at radius 3 is 2.58 bits per heavy atom. The van der Waals surface area contributed by atoms with E-state index in [4.69, 9.17) is 0 Å². The second kappa shape index (κ2) is 5.26. The molecule has 0 aliphatic rings. The molecule has 1 aromatic heterocycles. The summed E-state index contributed by atoms with van der Waals surface area (Å²) in [6.45, 7) is 1.78. The van der Waals surface area contributed by atoms with Crippen molar-refractivity contribution in [3.63, 3.8) is 0 Å². The smallest absolute Gasteiger partial charge is 0.366 e. The number of benzene rings is 1. The van der Waals surface area contributed by atoms with E-state index in [1.807, 2.05) is 0 Å². The molecule has 0 amide bonds. The fraction of sp³-hybridized carbons (Fsp3) is 0.231. The highest BCUT2D eigenvalue weighted by atomic mass is 19.4. The van der Waals surface area contributed by atoms with E-state index >= 15 is 0 Å². The summed E-state index contributed by atoms with van der Waals surface area (Å²) in [7, 11) is 0. The van der Waals surface area contributed by atoms with Gasteiger partial charge in [-0.05, 0) is 24.6 Å². The van der Waals surface area contributed by atoms with Gasteiger partial charge in [0.2, 0.25) is 0 Å². The fourth-order valence-corrected chi connectivity index (χ4v) is 1.69. The average Bonchev–Trinajstić information content (AvgIpc) is 2.36. The normalized spacial score (nSPS) is 11.4. The largest absolute Gasteiger partial charge is 0.416 e. The van der Waals surface area contributed by atoms with E-state index in [1.54, 1.807) is 25.3 Å². The number of nitrogens with one attached hydrogen (secondary N) is 1. The minimum absolute atomic E-state index is 0.0616. The number of aryl methyl sites for hydroxylation is 1. The molecule has 3 nitrogen and oxygen atoms in total. The van der Waals surface area contributed by atoms with Gasteiger partial charge in [-0.25, -0.2) is 9.97 Å². The van der Waals surface area contributed by atoms with Gasteiger partial charge in [0.1, 0.15) is 11.6 Å². The second-order valence-electron chi connectivity index (χ2n) is 4.00. The van der Waals surface area contributed by atoms with Crippen molar-refractivity contribution in [2.24, 2.45) is 0 Å². The van der Waals surface area contributed by atoms with E-state index in [0.29, 0.717) is 11.6 Å². The van der Waals surface area contributed by atoms with Crippen LogP contribution in [0.15, 0.2) is 36.5 Å². The zero-order valence-corrected chi connectivity index (χ0v) is 10.2. The number of rotatable bonds is 3. The molecule has 0 aliphatic carbocycles. The molecule has 19 heavy (non-hydrogen) atoms. The van der Waals surface area contributed by atoms with Crippen molar-refractivity contribution in [2.75, 3.05) is 5.32 Å². The number of hydrogen-bond acceptors (Lipinski definition) is 3. The maximum atomic E-state index is 12.8. The fourth-order valence-electron chi connectivity index (χ4n) is 1.69. The highest BCUT2D eigenvalue weighted by Crippen LogP contribution is 2.32. The number of alkyl halides is 3. The number of anilines is 1. The summed E-state index contributed by atoms with van der Waals surface area (Å²) < 4.78 is 38.4. The Balaban J connectivity index is 2.16. The van der Waals surface area contributed by atoms with E-state index < -0.39 is 11.7 Å². The van der Waals surface area contributed by atoms with Crippen LogP contribution in [0.3, 0.4) is 0 Å². The zero-order chi connectivity index (χ0) is 13.9. The maximum absolute atomic E-state index is 12.8. The summed E-state index contributed by atoms with van der Waals surface area (Å²) in [4.78, 5) is 8.00. The van der Waals surface area contributed by atoms with Crippen LogP contribution >= 0.6 is 0 Å². The molecule has 1 heterocycles. The molecule has 0 saturated carbocycles. The first-order valence-electron chi connectivity index (χ1n) is 5.65. The Morgan fingerprint density at radius 2 is 1.89 bits per heavy atom. The van der Waals surface area contributed by atoms with E-state index in [1.165, 1.54) is 12.1 Å². The van der Waals surface area contributed by atoms with Crippen LogP contribution < -0.4 is 5.32 Å². The van der Waals surface area contributed by atoms with E-state index in [0.717, 1.165) is 6.07 Å². The van der Waals surface area contributed by atoms with Gasteiger partial charge in [0.05, 0.1) is 5.56 Å². The van der Waals surface area contributed by atoms with Crippen LogP contribution in [0.2, 0.25) is 0 Å². The van der Waals surface area contributed by atoms with Crippen molar-refractivity contribution in [1.29, 1.82) is 0 Å². The average molecular weight is 267 g/mol. The quantitative estimate of drug-likeness (QED) is 0.926. The second-order valence-corrected chi connectivity index (χ2v) is 4.00. The van der Waals surface area contributed by atoms with Crippen LogP contribution in [-0.2, 0) is 12.7 Å². The summed E-state index contributed by atoms with van der Waals surface area (Å²) in [6, 6.07) is 7.09. The van der Waals surface area contributed by atoms with Gasteiger partial charge < -0.3 is 5.32 Å². The van der Waals surface area contributed by atoms with Crippen LogP contribution in [0, 0.1) is 6.92 Å². The first-order valence-corrected chi connectivity index (χ1v) is 5.65. The molecule has 6 heteroatoms.